The number of benzene rings is 2. The van der Waals surface area contributed by atoms with Crippen LogP contribution in [0.3, 0.4) is 0 Å². The van der Waals surface area contributed by atoms with Crippen LogP contribution in [-0.4, -0.2) is 24.4 Å². The van der Waals surface area contributed by atoms with E-state index in [-0.39, 0.29) is 11.6 Å². The zero-order chi connectivity index (χ0) is 19.9. The third kappa shape index (κ3) is 3.91. The molecule has 0 atom stereocenters. The van der Waals surface area contributed by atoms with Crippen molar-refractivity contribution >= 4 is 32.0 Å². The normalized spacial score (nSPS) is 18.4. The van der Waals surface area contributed by atoms with E-state index >= 15 is 0 Å². The summed E-state index contributed by atoms with van der Waals surface area (Å²) < 4.78 is 35.2. The second-order valence-corrected chi connectivity index (χ2v) is 10.8. The van der Waals surface area contributed by atoms with Gasteiger partial charge in [-0.25, -0.2) is 8.42 Å². The summed E-state index contributed by atoms with van der Waals surface area (Å²) in [6.45, 7) is 4.40. The van der Waals surface area contributed by atoms with E-state index < -0.39 is 10.0 Å². The lowest BCUT2D eigenvalue weighted by atomic mass is 9.93. The van der Waals surface area contributed by atoms with Gasteiger partial charge >= 0.3 is 0 Å². The average molecular weight is 462 g/mol. The maximum atomic E-state index is 13.3. The van der Waals surface area contributed by atoms with Gasteiger partial charge in [0.15, 0.2) is 0 Å². The molecule has 2 aromatic rings. The summed E-state index contributed by atoms with van der Waals surface area (Å²) in [6, 6.07) is 12.9. The van der Waals surface area contributed by atoms with Crippen molar-refractivity contribution in [2.24, 2.45) is 0 Å². The van der Waals surface area contributed by atoms with Crippen LogP contribution in [0.4, 0.5) is 0 Å². The van der Waals surface area contributed by atoms with E-state index in [1.807, 2.05) is 38.1 Å². The fourth-order valence-corrected chi connectivity index (χ4v) is 5.47. The van der Waals surface area contributed by atoms with Crippen LogP contribution in [0.5, 0.6) is 5.75 Å². The van der Waals surface area contributed by atoms with E-state index in [9.17, 15) is 8.42 Å². The van der Waals surface area contributed by atoms with Gasteiger partial charge in [0.05, 0.1) is 4.90 Å². The SMILES string of the molecule is CC1(C)C=Cc2cc(CN(C3CCC3)S(=O)(=O)c3ccc(Br)cc3)ccc2O1. The Hall–Kier alpha value is -1.63. The van der Waals surface area contributed by atoms with Crippen LogP contribution in [0, 0.1) is 0 Å². The zero-order valence-electron chi connectivity index (χ0n) is 16.1. The van der Waals surface area contributed by atoms with Crippen molar-refractivity contribution in [3.05, 3.63) is 64.1 Å². The number of sulfonamides is 1. The summed E-state index contributed by atoms with van der Waals surface area (Å²) in [5, 5.41) is 0. The Morgan fingerprint density at radius 2 is 1.86 bits per heavy atom. The average Bonchev–Trinajstić information content (AvgIpc) is 2.59. The highest BCUT2D eigenvalue weighted by molar-refractivity contribution is 9.10. The van der Waals surface area contributed by atoms with Crippen LogP contribution in [-0.2, 0) is 16.6 Å². The van der Waals surface area contributed by atoms with E-state index in [0.717, 1.165) is 40.6 Å². The highest BCUT2D eigenvalue weighted by Gasteiger charge is 2.35. The Morgan fingerprint density at radius 3 is 2.50 bits per heavy atom. The van der Waals surface area contributed by atoms with Crippen LogP contribution < -0.4 is 4.74 Å². The number of hydrogen-bond donors (Lipinski definition) is 0. The van der Waals surface area contributed by atoms with Crippen molar-refractivity contribution in [3.8, 4) is 5.75 Å². The lowest BCUT2D eigenvalue weighted by Gasteiger charge is -2.37. The number of halogens is 1. The van der Waals surface area contributed by atoms with Crippen molar-refractivity contribution in [2.75, 3.05) is 0 Å². The summed E-state index contributed by atoms with van der Waals surface area (Å²) in [4.78, 5) is 0.338. The molecule has 1 heterocycles. The minimum atomic E-state index is -3.55. The minimum absolute atomic E-state index is 0.0652. The number of fused-ring (bicyclic) bond motifs is 1. The maximum Gasteiger partial charge on any atom is 0.243 e. The first-order valence-corrected chi connectivity index (χ1v) is 11.8. The molecule has 1 aliphatic carbocycles. The molecule has 2 aliphatic rings. The monoisotopic (exact) mass is 461 g/mol. The van der Waals surface area contributed by atoms with Crippen molar-refractivity contribution < 1.29 is 13.2 Å². The van der Waals surface area contributed by atoms with Crippen LogP contribution in [0.25, 0.3) is 6.08 Å². The van der Waals surface area contributed by atoms with E-state index in [1.165, 1.54) is 0 Å². The Kier molecular flexibility index (Phi) is 5.14. The van der Waals surface area contributed by atoms with E-state index in [0.29, 0.717) is 11.4 Å². The molecule has 6 heteroatoms. The second kappa shape index (κ2) is 7.32. The molecule has 28 heavy (non-hydrogen) atoms. The molecule has 0 amide bonds. The summed E-state index contributed by atoms with van der Waals surface area (Å²) in [7, 11) is -3.55. The molecule has 4 rings (SSSR count). The lowest BCUT2D eigenvalue weighted by molar-refractivity contribution is 0.159. The van der Waals surface area contributed by atoms with Gasteiger partial charge in [0, 0.05) is 22.6 Å². The molecule has 1 saturated carbocycles. The molecule has 0 N–H and O–H groups in total. The smallest absolute Gasteiger partial charge is 0.243 e. The predicted molar refractivity (Wildman–Crippen MR) is 115 cm³/mol. The molecule has 0 aromatic heterocycles. The summed E-state index contributed by atoms with van der Waals surface area (Å²) >= 11 is 3.37. The lowest BCUT2D eigenvalue weighted by Crippen LogP contribution is -2.43. The third-order valence-electron chi connectivity index (χ3n) is 5.35. The second-order valence-electron chi connectivity index (χ2n) is 8.00. The van der Waals surface area contributed by atoms with Gasteiger partial charge in [-0.15, -0.1) is 0 Å². The van der Waals surface area contributed by atoms with Crippen LogP contribution in [0.1, 0.15) is 44.2 Å². The third-order valence-corrected chi connectivity index (χ3v) is 7.79. The maximum absolute atomic E-state index is 13.3. The Labute approximate surface area is 175 Å². The first-order chi connectivity index (χ1) is 13.2. The Morgan fingerprint density at radius 1 is 1.14 bits per heavy atom. The molecule has 0 radical (unpaired) electrons. The summed E-state index contributed by atoms with van der Waals surface area (Å²) in [6.07, 6.45) is 6.99. The molecule has 1 fully saturated rings. The van der Waals surface area contributed by atoms with Crippen LogP contribution >= 0.6 is 15.9 Å². The van der Waals surface area contributed by atoms with E-state index in [1.54, 1.807) is 28.6 Å². The molecular weight excluding hydrogens is 438 g/mol. The standard InChI is InChI=1S/C22H24BrNO3S/c1-22(2)13-12-17-14-16(6-11-21(17)27-22)15-24(19-4-3-5-19)28(25,26)20-9-7-18(23)8-10-20/h6-14,19H,3-5,15H2,1-2H3. The molecule has 148 valence electrons. The van der Waals surface area contributed by atoms with Crippen molar-refractivity contribution in [1.29, 1.82) is 0 Å². The molecule has 4 nitrogen and oxygen atoms in total. The molecule has 0 spiro atoms. The highest BCUT2D eigenvalue weighted by Crippen LogP contribution is 2.35. The predicted octanol–water partition coefficient (Wildman–Crippen LogP) is 5.38. The Balaban J connectivity index is 1.64. The van der Waals surface area contributed by atoms with Crippen molar-refractivity contribution in [2.45, 2.75) is 56.2 Å². The molecule has 0 unspecified atom stereocenters. The van der Waals surface area contributed by atoms with Gasteiger partial charge in [0.25, 0.3) is 0 Å². The van der Waals surface area contributed by atoms with Gasteiger partial charge in [0.2, 0.25) is 10.0 Å². The number of nitrogens with zero attached hydrogens (tertiary/aromatic N) is 1. The van der Waals surface area contributed by atoms with Crippen molar-refractivity contribution in [3.63, 3.8) is 0 Å². The number of rotatable bonds is 5. The molecule has 0 saturated heterocycles. The quantitative estimate of drug-likeness (QED) is 0.600. The first kappa shape index (κ1) is 19.7. The van der Waals surface area contributed by atoms with E-state index in [2.05, 4.69) is 22.0 Å². The molecular formula is C22H24BrNO3S. The Bertz CT molecular complexity index is 1010. The van der Waals surface area contributed by atoms with Crippen LogP contribution in [0.2, 0.25) is 0 Å². The molecule has 0 bridgehead atoms. The zero-order valence-corrected chi connectivity index (χ0v) is 18.5. The van der Waals surface area contributed by atoms with Gasteiger partial charge < -0.3 is 4.74 Å². The molecule has 2 aromatic carbocycles. The van der Waals surface area contributed by atoms with Gasteiger partial charge in [-0.1, -0.05) is 34.5 Å². The minimum Gasteiger partial charge on any atom is -0.483 e. The fraction of sp³-hybridized carbons (Fsp3) is 0.364. The van der Waals surface area contributed by atoms with Crippen LogP contribution in [0.15, 0.2) is 57.9 Å². The first-order valence-electron chi connectivity index (χ1n) is 9.53. The topological polar surface area (TPSA) is 46.6 Å². The van der Waals surface area contributed by atoms with E-state index in [4.69, 9.17) is 4.74 Å². The molecule has 1 aliphatic heterocycles. The van der Waals surface area contributed by atoms with Gasteiger partial charge in [0.1, 0.15) is 11.4 Å². The van der Waals surface area contributed by atoms with Gasteiger partial charge in [-0.2, -0.15) is 4.31 Å². The van der Waals surface area contributed by atoms with Crippen molar-refractivity contribution in [1.82, 2.24) is 4.31 Å². The number of hydrogen-bond acceptors (Lipinski definition) is 3. The summed E-state index contributed by atoms with van der Waals surface area (Å²) in [5.74, 6) is 0.835. The van der Waals surface area contributed by atoms with Gasteiger partial charge in [-0.05, 0) is 74.7 Å². The number of ether oxygens (including phenoxy) is 1. The highest BCUT2D eigenvalue weighted by atomic mass is 79.9. The van der Waals surface area contributed by atoms with Gasteiger partial charge in [-0.3, -0.25) is 0 Å². The summed E-state index contributed by atoms with van der Waals surface area (Å²) in [5.41, 5.74) is 1.64. The largest absolute Gasteiger partial charge is 0.483 e. The fourth-order valence-electron chi connectivity index (χ4n) is 3.53.